The number of aryl methyl sites for hydroxylation is 1. The summed E-state index contributed by atoms with van der Waals surface area (Å²) in [5, 5.41) is 9.48. The molecule has 29 heavy (non-hydrogen) atoms. The number of nitrogens with one attached hydrogen (secondary N) is 1. The summed E-state index contributed by atoms with van der Waals surface area (Å²) in [6, 6.07) is 6.32. The Morgan fingerprint density at radius 1 is 1.24 bits per heavy atom. The monoisotopic (exact) mass is 420 g/mol. The maximum atomic E-state index is 12.3. The highest BCUT2D eigenvalue weighted by atomic mass is 32.2. The molecule has 0 saturated heterocycles. The third kappa shape index (κ3) is 4.30. The minimum atomic E-state index is -3.36. The van der Waals surface area contributed by atoms with Crippen molar-refractivity contribution >= 4 is 21.8 Å². The fraction of sp³-hybridized carbons (Fsp3) is 0.278. The maximum absolute atomic E-state index is 12.3. The molecule has 0 unspecified atom stereocenters. The molecule has 10 nitrogen and oxygen atoms in total. The fourth-order valence-corrected chi connectivity index (χ4v) is 3.48. The van der Waals surface area contributed by atoms with Crippen molar-refractivity contribution in [3.63, 3.8) is 0 Å². The Morgan fingerprint density at radius 3 is 2.55 bits per heavy atom. The van der Waals surface area contributed by atoms with Crippen LogP contribution in [0.1, 0.15) is 22.4 Å². The summed E-state index contributed by atoms with van der Waals surface area (Å²) in [7, 11) is -3.36. The Bertz CT molecular complexity index is 1150. The van der Waals surface area contributed by atoms with Crippen molar-refractivity contribution in [3.05, 3.63) is 36.2 Å². The Balaban J connectivity index is 0.00000240. The van der Waals surface area contributed by atoms with Gasteiger partial charge in [0.05, 0.1) is 34.3 Å². The normalized spacial score (nSPS) is 11.6. The molecule has 0 aliphatic rings. The van der Waals surface area contributed by atoms with Gasteiger partial charge < -0.3 is 10.2 Å². The van der Waals surface area contributed by atoms with Crippen LogP contribution in [0.4, 0.5) is 6.01 Å². The second-order valence-corrected chi connectivity index (χ2v) is 8.98. The number of carbonyl (C=O) groups is 1. The van der Waals surface area contributed by atoms with Gasteiger partial charge in [0.25, 0.3) is 5.89 Å². The molecule has 156 valence electrons. The second kappa shape index (κ2) is 8.05. The minimum Gasteiger partial charge on any atom is -0.401 e. The van der Waals surface area contributed by atoms with Crippen molar-refractivity contribution in [2.75, 3.05) is 11.9 Å². The first kappa shape index (κ1) is 20.6. The first-order chi connectivity index (χ1) is 13.7. The number of nitrogens with two attached hydrogens (primary N) is 1. The van der Waals surface area contributed by atoms with E-state index in [0.717, 1.165) is 0 Å². The SMILES string of the molecule is Cc1ncc(-c2ccc(S(=O)(=O)C(C)C)cc2)nc1-c1nnc(NC(=O)CN)o1.[HH].[HH]. The molecule has 0 fully saturated rings. The lowest BCUT2D eigenvalue weighted by atomic mass is 10.1. The van der Waals surface area contributed by atoms with Gasteiger partial charge in [0.1, 0.15) is 5.69 Å². The fourth-order valence-electron chi connectivity index (χ4n) is 2.42. The topological polar surface area (TPSA) is 154 Å². The molecule has 0 spiro atoms. The predicted molar refractivity (Wildman–Crippen MR) is 110 cm³/mol. The summed E-state index contributed by atoms with van der Waals surface area (Å²) in [5.41, 5.74) is 7.32. The van der Waals surface area contributed by atoms with Crippen LogP contribution < -0.4 is 11.1 Å². The van der Waals surface area contributed by atoms with E-state index >= 15 is 0 Å². The van der Waals surface area contributed by atoms with Gasteiger partial charge >= 0.3 is 6.01 Å². The smallest absolute Gasteiger partial charge is 0.322 e. The number of sulfone groups is 1. The Morgan fingerprint density at radius 2 is 1.93 bits per heavy atom. The molecule has 0 atom stereocenters. The van der Waals surface area contributed by atoms with Gasteiger partial charge in [-0.2, -0.15) is 0 Å². The van der Waals surface area contributed by atoms with E-state index < -0.39 is 21.0 Å². The third-order valence-corrected chi connectivity index (χ3v) is 6.28. The zero-order chi connectivity index (χ0) is 21.2. The lowest BCUT2D eigenvalue weighted by molar-refractivity contribution is -0.115. The molecule has 0 radical (unpaired) electrons. The van der Waals surface area contributed by atoms with Crippen LogP contribution in [0, 0.1) is 6.92 Å². The van der Waals surface area contributed by atoms with E-state index in [9.17, 15) is 13.2 Å². The van der Waals surface area contributed by atoms with Crippen LogP contribution in [-0.2, 0) is 14.6 Å². The maximum Gasteiger partial charge on any atom is 0.322 e. The van der Waals surface area contributed by atoms with Crippen molar-refractivity contribution in [2.45, 2.75) is 30.9 Å². The number of rotatable bonds is 6. The average Bonchev–Trinajstić information content (AvgIpc) is 3.16. The van der Waals surface area contributed by atoms with Gasteiger partial charge in [0, 0.05) is 8.42 Å². The molecule has 2 aromatic heterocycles. The van der Waals surface area contributed by atoms with E-state index in [1.165, 1.54) is 0 Å². The summed E-state index contributed by atoms with van der Waals surface area (Å²) in [6.07, 6.45) is 1.57. The molecule has 0 bridgehead atoms. The lowest BCUT2D eigenvalue weighted by Gasteiger charge is -2.09. The van der Waals surface area contributed by atoms with Gasteiger partial charge in [-0.15, -0.1) is 5.10 Å². The van der Waals surface area contributed by atoms with Gasteiger partial charge in [0.2, 0.25) is 5.91 Å². The molecule has 3 rings (SSSR count). The molecular formula is C18H24N6O4S. The van der Waals surface area contributed by atoms with Crippen LogP contribution in [0.5, 0.6) is 0 Å². The van der Waals surface area contributed by atoms with E-state index in [4.69, 9.17) is 10.2 Å². The van der Waals surface area contributed by atoms with Crippen LogP contribution in [-0.4, -0.2) is 46.3 Å². The first-order valence-electron chi connectivity index (χ1n) is 8.74. The van der Waals surface area contributed by atoms with Crippen molar-refractivity contribution in [1.82, 2.24) is 20.2 Å². The zero-order valence-electron chi connectivity index (χ0n) is 16.1. The van der Waals surface area contributed by atoms with Crippen LogP contribution in [0.15, 0.2) is 39.8 Å². The molecule has 11 heteroatoms. The number of hydrogen-bond acceptors (Lipinski definition) is 9. The number of aromatic nitrogens is 4. The van der Waals surface area contributed by atoms with Gasteiger partial charge in [-0.3, -0.25) is 15.1 Å². The molecule has 2 heterocycles. The molecule has 0 saturated carbocycles. The summed E-state index contributed by atoms with van der Waals surface area (Å²) in [5.74, 6) is -0.378. The van der Waals surface area contributed by atoms with Crippen LogP contribution in [0.3, 0.4) is 0 Å². The number of nitrogens with zero attached hydrogens (tertiary/aromatic N) is 4. The summed E-state index contributed by atoms with van der Waals surface area (Å²) in [4.78, 5) is 20.4. The van der Waals surface area contributed by atoms with E-state index in [2.05, 4.69) is 25.5 Å². The van der Waals surface area contributed by atoms with Crippen molar-refractivity contribution < 1.29 is 20.5 Å². The molecule has 1 aromatic carbocycles. The summed E-state index contributed by atoms with van der Waals surface area (Å²) in [6.45, 7) is 4.78. The number of amides is 1. The van der Waals surface area contributed by atoms with Crippen LogP contribution in [0.25, 0.3) is 22.8 Å². The van der Waals surface area contributed by atoms with Gasteiger partial charge in [-0.1, -0.05) is 17.2 Å². The lowest BCUT2D eigenvalue weighted by Crippen LogP contribution is -2.21. The highest BCUT2D eigenvalue weighted by Gasteiger charge is 2.20. The Hall–Kier alpha value is -3.18. The van der Waals surface area contributed by atoms with E-state index in [1.54, 1.807) is 51.2 Å². The summed E-state index contributed by atoms with van der Waals surface area (Å²) < 4.78 is 30.0. The number of anilines is 1. The quantitative estimate of drug-likeness (QED) is 0.609. The summed E-state index contributed by atoms with van der Waals surface area (Å²) >= 11 is 0. The highest BCUT2D eigenvalue weighted by Crippen LogP contribution is 2.26. The standard InChI is InChI=1S/C18H20N6O4S.2H2/c1-10(2)29(26,27)13-6-4-12(5-7-13)14-9-20-11(3)16(21-14)17-23-24-18(28-17)22-15(25)8-19;;/h4-7,9-10H,8,19H2,1-3H3,(H,22,24,25);2*1H. The highest BCUT2D eigenvalue weighted by molar-refractivity contribution is 7.92. The Labute approximate surface area is 170 Å². The third-order valence-electron chi connectivity index (χ3n) is 4.11. The van der Waals surface area contributed by atoms with Crippen LogP contribution >= 0.6 is 0 Å². The van der Waals surface area contributed by atoms with Crippen molar-refractivity contribution in [1.29, 1.82) is 0 Å². The van der Waals surface area contributed by atoms with Gasteiger partial charge in [0.15, 0.2) is 9.84 Å². The van der Waals surface area contributed by atoms with E-state index in [1.807, 2.05) is 0 Å². The van der Waals surface area contributed by atoms with Crippen LogP contribution in [0.2, 0.25) is 0 Å². The number of hydrogen-bond donors (Lipinski definition) is 2. The average molecular weight is 420 g/mol. The molecular weight excluding hydrogens is 396 g/mol. The van der Waals surface area contributed by atoms with Gasteiger partial charge in [-0.05, 0) is 32.9 Å². The van der Waals surface area contributed by atoms with Crippen molar-refractivity contribution in [2.24, 2.45) is 5.73 Å². The molecule has 1 amide bonds. The molecule has 0 aliphatic carbocycles. The second-order valence-electron chi connectivity index (χ2n) is 6.47. The predicted octanol–water partition coefficient (Wildman–Crippen LogP) is 2.07. The molecule has 3 aromatic rings. The van der Waals surface area contributed by atoms with E-state index in [0.29, 0.717) is 22.6 Å². The van der Waals surface area contributed by atoms with Gasteiger partial charge in [-0.25, -0.2) is 13.4 Å². The van der Waals surface area contributed by atoms with Crippen molar-refractivity contribution in [3.8, 4) is 22.8 Å². The van der Waals surface area contributed by atoms with E-state index in [-0.39, 0.29) is 26.2 Å². The zero-order valence-corrected chi connectivity index (χ0v) is 16.9. The largest absolute Gasteiger partial charge is 0.401 e. The first-order valence-corrected chi connectivity index (χ1v) is 10.3. The molecule has 3 N–H and O–H groups in total. The Kier molecular flexibility index (Phi) is 5.71. The minimum absolute atomic E-state index is 0. The number of benzene rings is 1. The number of carbonyl (C=O) groups excluding carboxylic acids is 1. The molecule has 0 aliphatic heterocycles.